The van der Waals surface area contributed by atoms with E-state index in [1.807, 2.05) is 0 Å². The van der Waals surface area contributed by atoms with Gasteiger partial charge in [-0.25, -0.2) is 4.99 Å². The van der Waals surface area contributed by atoms with E-state index in [9.17, 15) is 0 Å². The number of hydrogen-bond donors (Lipinski definition) is 4. The molecule has 0 spiro atoms. The van der Waals surface area contributed by atoms with Gasteiger partial charge in [-0.05, 0) is 81.2 Å². The van der Waals surface area contributed by atoms with Gasteiger partial charge in [-0.1, -0.05) is 127 Å². The molecule has 0 fully saturated rings. The van der Waals surface area contributed by atoms with Crippen LogP contribution in [0.15, 0.2) is 193 Å². The highest BCUT2D eigenvalue weighted by Crippen LogP contribution is 2.40. The van der Waals surface area contributed by atoms with Gasteiger partial charge in [0.1, 0.15) is 18.2 Å². The molecule has 272 valence electrons. The molecule has 7 nitrogen and oxygen atoms in total. The molecule has 0 radical (unpaired) electrons. The average Bonchev–Trinajstić information content (AvgIpc) is 3.98. The van der Waals surface area contributed by atoms with Crippen molar-refractivity contribution in [3.63, 3.8) is 0 Å². The summed E-state index contributed by atoms with van der Waals surface area (Å²) < 4.78 is 4.78. The normalized spacial score (nSPS) is 18.2. The second-order valence-corrected chi connectivity index (χ2v) is 15.1. The number of hydrogen-bond acceptors (Lipinski definition) is 5. The Labute approximate surface area is 328 Å². The molecule has 2 aliphatic rings. The second kappa shape index (κ2) is 12.6. The van der Waals surface area contributed by atoms with Crippen LogP contribution >= 0.6 is 0 Å². The van der Waals surface area contributed by atoms with Crippen molar-refractivity contribution in [3.05, 3.63) is 199 Å². The summed E-state index contributed by atoms with van der Waals surface area (Å²) in [6, 6.07) is 63.2. The molecular formula is C50H37N7. The van der Waals surface area contributed by atoms with Crippen LogP contribution in [0.1, 0.15) is 29.7 Å². The second-order valence-electron chi connectivity index (χ2n) is 15.1. The fraction of sp³-hybridized carbons (Fsp3) is 0.0600. The van der Waals surface area contributed by atoms with Gasteiger partial charge in [0.05, 0.1) is 27.8 Å². The number of aromatic nitrogens is 2. The van der Waals surface area contributed by atoms with Crippen molar-refractivity contribution in [1.29, 1.82) is 0 Å². The van der Waals surface area contributed by atoms with E-state index in [1.54, 1.807) is 0 Å². The van der Waals surface area contributed by atoms with E-state index in [2.05, 4.69) is 213 Å². The van der Waals surface area contributed by atoms with E-state index in [-0.39, 0.29) is 18.6 Å². The lowest BCUT2D eigenvalue weighted by atomic mass is 10.0. The first-order valence-electron chi connectivity index (χ1n) is 19.6. The van der Waals surface area contributed by atoms with Gasteiger partial charge in [0.2, 0.25) is 0 Å². The summed E-state index contributed by atoms with van der Waals surface area (Å²) in [5.74, 6) is 0.799. The highest BCUT2D eigenvalue weighted by molar-refractivity contribution is 6.18. The number of nitrogens with zero attached hydrogens (tertiary/aromatic N) is 3. The van der Waals surface area contributed by atoms with Gasteiger partial charge in [0.15, 0.2) is 6.29 Å². The summed E-state index contributed by atoms with van der Waals surface area (Å²) in [4.78, 5) is 5.34. The average molecular weight is 736 g/mol. The number of benzene rings is 8. The summed E-state index contributed by atoms with van der Waals surface area (Å²) in [6.07, 6.45) is 1.36. The number of rotatable bonds is 5. The van der Waals surface area contributed by atoms with Crippen LogP contribution in [0.2, 0.25) is 0 Å². The minimum absolute atomic E-state index is 0.179. The molecule has 4 heterocycles. The zero-order valence-electron chi connectivity index (χ0n) is 30.9. The summed E-state index contributed by atoms with van der Waals surface area (Å²) in [5.41, 5.74) is 8.97. The highest BCUT2D eigenvalue weighted by Gasteiger charge is 2.31. The van der Waals surface area contributed by atoms with Crippen LogP contribution in [-0.4, -0.2) is 15.0 Å². The van der Waals surface area contributed by atoms with Gasteiger partial charge < -0.3 is 25.1 Å². The maximum Gasteiger partial charge on any atom is 0.180 e. The Morgan fingerprint density at radius 3 is 1.84 bits per heavy atom. The SMILES string of the molecule is C1=C(C2=NC(c3ccc4ccccc4c3)NC(c3ccc4ccccc4c3)N2)NC(n2c3ccccc3c3cc4c5ccccc5n(-c5ccccc5)c4cc32)N1. The number of amidine groups is 1. The van der Waals surface area contributed by atoms with E-state index in [0.29, 0.717) is 0 Å². The maximum atomic E-state index is 5.34. The summed E-state index contributed by atoms with van der Waals surface area (Å²) in [6.45, 7) is 0. The third-order valence-electron chi connectivity index (χ3n) is 11.8. The van der Waals surface area contributed by atoms with Crippen molar-refractivity contribution in [3.8, 4) is 5.69 Å². The van der Waals surface area contributed by atoms with Gasteiger partial charge in [-0.15, -0.1) is 0 Å². The molecule has 0 aliphatic carbocycles. The Morgan fingerprint density at radius 2 is 1.07 bits per heavy atom. The molecule has 2 aromatic heterocycles. The maximum absolute atomic E-state index is 5.34. The smallest absolute Gasteiger partial charge is 0.180 e. The van der Waals surface area contributed by atoms with Crippen molar-refractivity contribution < 1.29 is 0 Å². The topological polar surface area (TPSA) is 70.3 Å². The van der Waals surface area contributed by atoms with Gasteiger partial charge in [0.25, 0.3) is 0 Å². The van der Waals surface area contributed by atoms with E-state index < -0.39 is 0 Å². The Kier molecular flexibility index (Phi) is 7.06. The third-order valence-corrected chi connectivity index (χ3v) is 11.8. The minimum Gasteiger partial charge on any atom is -0.352 e. The van der Waals surface area contributed by atoms with Crippen LogP contribution in [0, 0.1) is 0 Å². The fourth-order valence-electron chi connectivity index (χ4n) is 9.07. The van der Waals surface area contributed by atoms with E-state index >= 15 is 0 Å². The lowest BCUT2D eigenvalue weighted by Gasteiger charge is -2.32. The lowest BCUT2D eigenvalue weighted by molar-refractivity contribution is 0.405. The van der Waals surface area contributed by atoms with Crippen molar-refractivity contribution in [2.45, 2.75) is 18.6 Å². The van der Waals surface area contributed by atoms with Gasteiger partial charge in [-0.3, -0.25) is 5.32 Å². The minimum atomic E-state index is -0.273. The molecule has 7 heteroatoms. The third kappa shape index (κ3) is 5.13. The predicted octanol–water partition coefficient (Wildman–Crippen LogP) is 10.7. The van der Waals surface area contributed by atoms with Gasteiger partial charge in [0, 0.05) is 33.4 Å². The molecule has 2 aliphatic heterocycles. The first kappa shape index (κ1) is 31.9. The Bertz CT molecular complexity index is 3280. The molecule has 3 atom stereocenters. The first-order chi connectivity index (χ1) is 28.2. The van der Waals surface area contributed by atoms with Crippen molar-refractivity contribution in [2.24, 2.45) is 4.99 Å². The molecule has 12 rings (SSSR count). The highest BCUT2D eigenvalue weighted by atomic mass is 15.4. The predicted molar refractivity (Wildman–Crippen MR) is 234 cm³/mol. The molecule has 0 amide bonds. The molecule has 10 aromatic rings. The zero-order chi connectivity index (χ0) is 37.5. The molecular weight excluding hydrogens is 699 g/mol. The molecule has 3 unspecified atom stereocenters. The summed E-state index contributed by atoms with van der Waals surface area (Å²) >= 11 is 0. The quantitative estimate of drug-likeness (QED) is 0.142. The number of para-hydroxylation sites is 3. The van der Waals surface area contributed by atoms with Crippen molar-refractivity contribution in [2.75, 3.05) is 0 Å². The fourth-order valence-corrected chi connectivity index (χ4v) is 9.07. The Hall–Kier alpha value is -7.35. The molecule has 57 heavy (non-hydrogen) atoms. The van der Waals surface area contributed by atoms with Gasteiger partial charge in [-0.2, -0.15) is 0 Å². The number of fused-ring (bicyclic) bond motifs is 8. The number of nitrogens with one attached hydrogen (secondary N) is 4. The van der Waals surface area contributed by atoms with Gasteiger partial charge >= 0.3 is 0 Å². The van der Waals surface area contributed by atoms with Crippen LogP contribution in [-0.2, 0) is 0 Å². The van der Waals surface area contributed by atoms with Crippen LogP contribution in [0.4, 0.5) is 0 Å². The van der Waals surface area contributed by atoms with Crippen LogP contribution in [0.3, 0.4) is 0 Å². The van der Waals surface area contributed by atoms with Crippen LogP contribution < -0.4 is 21.3 Å². The molecule has 8 aromatic carbocycles. The van der Waals surface area contributed by atoms with E-state index in [0.717, 1.165) is 39.4 Å². The monoisotopic (exact) mass is 735 g/mol. The largest absolute Gasteiger partial charge is 0.352 e. The Balaban J connectivity index is 0.968. The molecule has 0 saturated carbocycles. The van der Waals surface area contributed by atoms with Crippen molar-refractivity contribution in [1.82, 2.24) is 30.4 Å². The van der Waals surface area contributed by atoms with Crippen molar-refractivity contribution >= 4 is 71.0 Å². The standard InChI is InChI=1S/C50H37N7/c1-2-16-37(17-3-1)56-43-20-10-8-18-38(43)40-28-41-39-19-9-11-21-44(39)57(46(41)29-45(40)56)50-51-30-42(52-50)49-54-47(35-24-22-31-12-4-6-14-33(31)26-35)53-48(55-49)36-25-23-32-13-5-7-15-34(32)27-36/h1-30,47-48,50-53H,(H,54,55). The first-order valence-corrected chi connectivity index (χ1v) is 19.6. The summed E-state index contributed by atoms with van der Waals surface area (Å²) in [7, 11) is 0. The zero-order valence-corrected chi connectivity index (χ0v) is 30.9. The van der Waals surface area contributed by atoms with E-state index in [4.69, 9.17) is 4.99 Å². The number of aliphatic imine (C=N–C) groups is 1. The Morgan fingerprint density at radius 1 is 0.456 bits per heavy atom. The molecule has 4 N–H and O–H groups in total. The van der Waals surface area contributed by atoms with Crippen LogP contribution in [0.5, 0.6) is 0 Å². The summed E-state index contributed by atoms with van der Waals surface area (Å²) in [5, 5.41) is 24.9. The molecule has 0 saturated heterocycles. The van der Waals surface area contributed by atoms with Crippen LogP contribution in [0.25, 0.3) is 70.8 Å². The van der Waals surface area contributed by atoms with E-state index in [1.165, 1.54) is 54.1 Å². The molecule has 0 bridgehead atoms. The lowest BCUT2D eigenvalue weighted by Crippen LogP contribution is -2.46.